The van der Waals surface area contributed by atoms with Crippen molar-refractivity contribution in [3.63, 3.8) is 0 Å². The van der Waals surface area contributed by atoms with Gasteiger partial charge in [0.25, 0.3) is 0 Å². The number of halogens is 1. The smallest absolute Gasteiger partial charge is 0.0178 e. The lowest BCUT2D eigenvalue weighted by Gasteiger charge is -2.16. The maximum Gasteiger partial charge on any atom is 0.0178 e. The van der Waals surface area contributed by atoms with Crippen LogP contribution in [0.5, 0.6) is 0 Å². The van der Waals surface area contributed by atoms with E-state index in [1.54, 1.807) is 0 Å². The first kappa shape index (κ1) is 12.1. The summed E-state index contributed by atoms with van der Waals surface area (Å²) in [6.07, 6.45) is 2.55. The molecule has 0 amide bonds. The Morgan fingerprint density at radius 1 is 1.44 bits per heavy atom. The molecular weight excluding hydrogens is 262 g/mol. The van der Waals surface area contributed by atoms with Crippen molar-refractivity contribution in [1.82, 2.24) is 5.32 Å². The van der Waals surface area contributed by atoms with Crippen LogP contribution in [-0.2, 0) is 6.42 Å². The molecule has 1 aliphatic heterocycles. The highest BCUT2D eigenvalue weighted by atomic mass is 79.9. The van der Waals surface area contributed by atoms with Crippen LogP contribution in [0.1, 0.15) is 37.3 Å². The molecular formula is C14H20BrN. The van der Waals surface area contributed by atoms with Crippen LogP contribution in [0.3, 0.4) is 0 Å². The molecule has 1 nitrogen and oxygen atoms in total. The highest BCUT2D eigenvalue weighted by Crippen LogP contribution is 2.26. The summed E-state index contributed by atoms with van der Waals surface area (Å²) in [5, 5.41) is 3.44. The normalized spacial score (nSPS) is 20.6. The minimum Gasteiger partial charge on any atom is -0.316 e. The van der Waals surface area contributed by atoms with Gasteiger partial charge in [0.2, 0.25) is 0 Å². The van der Waals surface area contributed by atoms with Gasteiger partial charge in [-0.3, -0.25) is 0 Å². The first-order chi connectivity index (χ1) is 7.66. The van der Waals surface area contributed by atoms with E-state index in [0.717, 1.165) is 5.92 Å². The second kappa shape index (κ2) is 5.33. The highest BCUT2D eigenvalue weighted by molar-refractivity contribution is 9.10. The Hall–Kier alpha value is -0.340. The fraction of sp³-hybridized carbons (Fsp3) is 0.571. The van der Waals surface area contributed by atoms with Crippen LogP contribution in [-0.4, -0.2) is 13.1 Å². The summed E-state index contributed by atoms with van der Waals surface area (Å²) in [4.78, 5) is 0. The standard InChI is InChI=1S/C14H20BrN/c1-10(2)14-4-3-13(15)8-12(14)7-11-5-6-16-9-11/h3-4,8,10-11,16H,5-7,9H2,1-2H3. The Morgan fingerprint density at radius 2 is 2.25 bits per heavy atom. The summed E-state index contributed by atoms with van der Waals surface area (Å²) >= 11 is 3.58. The van der Waals surface area contributed by atoms with Gasteiger partial charge in [-0.15, -0.1) is 0 Å². The largest absolute Gasteiger partial charge is 0.316 e. The molecule has 0 radical (unpaired) electrons. The zero-order valence-electron chi connectivity index (χ0n) is 10.1. The van der Waals surface area contributed by atoms with E-state index in [2.05, 4.69) is 53.3 Å². The van der Waals surface area contributed by atoms with E-state index < -0.39 is 0 Å². The summed E-state index contributed by atoms with van der Waals surface area (Å²) in [6.45, 7) is 6.93. The van der Waals surface area contributed by atoms with Gasteiger partial charge < -0.3 is 5.32 Å². The monoisotopic (exact) mass is 281 g/mol. The molecule has 1 aromatic rings. The van der Waals surface area contributed by atoms with Crippen molar-refractivity contribution in [3.05, 3.63) is 33.8 Å². The minimum atomic E-state index is 0.623. The van der Waals surface area contributed by atoms with E-state index in [1.807, 2.05) is 0 Å². The van der Waals surface area contributed by atoms with Gasteiger partial charge in [-0.2, -0.15) is 0 Å². The molecule has 0 aromatic heterocycles. The number of nitrogens with one attached hydrogen (secondary N) is 1. The summed E-state index contributed by atoms with van der Waals surface area (Å²) in [7, 11) is 0. The highest BCUT2D eigenvalue weighted by Gasteiger charge is 2.17. The molecule has 1 heterocycles. The molecule has 16 heavy (non-hydrogen) atoms. The van der Waals surface area contributed by atoms with Gasteiger partial charge in [-0.25, -0.2) is 0 Å². The zero-order chi connectivity index (χ0) is 11.5. The number of hydrogen-bond acceptors (Lipinski definition) is 1. The summed E-state index contributed by atoms with van der Waals surface area (Å²) in [5.41, 5.74) is 3.04. The van der Waals surface area contributed by atoms with Gasteiger partial charge in [0, 0.05) is 4.47 Å². The molecule has 1 saturated heterocycles. The van der Waals surface area contributed by atoms with Crippen LogP contribution in [0.15, 0.2) is 22.7 Å². The van der Waals surface area contributed by atoms with Crippen molar-refractivity contribution in [2.75, 3.05) is 13.1 Å². The van der Waals surface area contributed by atoms with E-state index in [4.69, 9.17) is 0 Å². The van der Waals surface area contributed by atoms with Crippen molar-refractivity contribution in [2.24, 2.45) is 5.92 Å². The fourth-order valence-corrected chi connectivity index (χ4v) is 2.92. The van der Waals surface area contributed by atoms with Crippen LogP contribution < -0.4 is 5.32 Å². The molecule has 2 heteroatoms. The third-order valence-electron chi connectivity index (χ3n) is 3.40. The van der Waals surface area contributed by atoms with E-state index in [1.165, 1.54) is 41.5 Å². The Bertz CT molecular complexity index is 354. The van der Waals surface area contributed by atoms with Crippen molar-refractivity contribution < 1.29 is 0 Å². The maximum absolute atomic E-state index is 3.58. The molecule has 1 aromatic carbocycles. The minimum absolute atomic E-state index is 0.623. The van der Waals surface area contributed by atoms with Crippen LogP contribution in [0.25, 0.3) is 0 Å². The van der Waals surface area contributed by atoms with Gasteiger partial charge in [-0.1, -0.05) is 35.8 Å². The van der Waals surface area contributed by atoms with E-state index in [9.17, 15) is 0 Å². The lowest BCUT2D eigenvalue weighted by Crippen LogP contribution is -2.12. The average Bonchev–Trinajstić information content (AvgIpc) is 2.70. The van der Waals surface area contributed by atoms with Crippen LogP contribution in [0.2, 0.25) is 0 Å². The number of hydrogen-bond donors (Lipinski definition) is 1. The van der Waals surface area contributed by atoms with Gasteiger partial charge in [0.05, 0.1) is 0 Å². The number of benzene rings is 1. The Kier molecular flexibility index (Phi) is 4.04. The molecule has 1 atom stereocenters. The third kappa shape index (κ3) is 2.86. The van der Waals surface area contributed by atoms with Crippen LogP contribution in [0, 0.1) is 5.92 Å². The Morgan fingerprint density at radius 3 is 2.88 bits per heavy atom. The van der Waals surface area contributed by atoms with E-state index in [-0.39, 0.29) is 0 Å². The van der Waals surface area contributed by atoms with Crippen molar-refractivity contribution in [2.45, 2.75) is 32.6 Å². The molecule has 88 valence electrons. The second-order valence-corrected chi connectivity index (χ2v) is 5.98. The maximum atomic E-state index is 3.58. The zero-order valence-corrected chi connectivity index (χ0v) is 11.7. The molecule has 0 spiro atoms. The predicted molar refractivity (Wildman–Crippen MR) is 72.9 cm³/mol. The van der Waals surface area contributed by atoms with Gasteiger partial charge in [-0.05, 0) is 61.0 Å². The van der Waals surface area contributed by atoms with Gasteiger partial charge in [0.15, 0.2) is 0 Å². The summed E-state index contributed by atoms with van der Waals surface area (Å²) < 4.78 is 1.21. The quantitative estimate of drug-likeness (QED) is 0.891. The SMILES string of the molecule is CC(C)c1ccc(Br)cc1CC1CCNC1. The fourth-order valence-electron chi connectivity index (χ4n) is 2.51. The molecule has 1 aliphatic rings. The molecule has 0 aliphatic carbocycles. The summed E-state index contributed by atoms with van der Waals surface area (Å²) in [5.74, 6) is 1.45. The third-order valence-corrected chi connectivity index (χ3v) is 3.89. The molecule has 2 rings (SSSR count). The van der Waals surface area contributed by atoms with Crippen molar-refractivity contribution in [3.8, 4) is 0 Å². The Balaban J connectivity index is 2.19. The molecule has 0 saturated carbocycles. The van der Waals surface area contributed by atoms with Crippen LogP contribution >= 0.6 is 15.9 Å². The molecule has 0 bridgehead atoms. The average molecular weight is 282 g/mol. The topological polar surface area (TPSA) is 12.0 Å². The predicted octanol–water partition coefficient (Wildman–Crippen LogP) is 3.72. The van der Waals surface area contributed by atoms with Crippen molar-refractivity contribution in [1.29, 1.82) is 0 Å². The molecule has 1 unspecified atom stereocenters. The van der Waals surface area contributed by atoms with Gasteiger partial charge >= 0.3 is 0 Å². The lowest BCUT2D eigenvalue weighted by atomic mass is 9.90. The van der Waals surface area contributed by atoms with E-state index >= 15 is 0 Å². The van der Waals surface area contributed by atoms with Gasteiger partial charge in [0.1, 0.15) is 0 Å². The molecule has 1 N–H and O–H groups in total. The van der Waals surface area contributed by atoms with E-state index in [0.29, 0.717) is 5.92 Å². The number of rotatable bonds is 3. The lowest BCUT2D eigenvalue weighted by molar-refractivity contribution is 0.575. The first-order valence-electron chi connectivity index (χ1n) is 6.16. The second-order valence-electron chi connectivity index (χ2n) is 5.06. The van der Waals surface area contributed by atoms with Crippen LogP contribution in [0.4, 0.5) is 0 Å². The first-order valence-corrected chi connectivity index (χ1v) is 6.95. The summed E-state index contributed by atoms with van der Waals surface area (Å²) in [6, 6.07) is 6.73. The van der Waals surface area contributed by atoms with Crippen molar-refractivity contribution >= 4 is 15.9 Å². The Labute approximate surface area is 107 Å². The molecule has 1 fully saturated rings.